The van der Waals surface area contributed by atoms with Crippen LogP contribution in [0.3, 0.4) is 0 Å². The Hall–Kier alpha value is -2.60. The maximum atomic E-state index is 12.3. The minimum Gasteiger partial charge on any atom is -0.346 e. The van der Waals surface area contributed by atoms with Gasteiger partial charge in [0.25, 0.3) is 5.91 Å². The van der Waals surface area contributed by atoms with Gasteiger partial charge in [-0.1, -0.05) is 40.4 Å². The largest absolute Gasteiger partial charge is 0.346 e. The average Bonchev–Trinajstić information content (AvgIpc) is 3.04. The fourth-order valence-electron chi connectivity index (χ4n) is 2.00. The third kappa shape index (κ3) is 3.17. The normalized spacial score (nSPS) is 10.4. The van der Waals surface area contributed by atoms with E-state index in [0.717, 1.165) is 16.0 Å². The van der Waals surface area contributed by atoms with Gasteiger partial charge in [0.05, 0.1) is 4.88 Å². The highest BCUT2D eigenvalue weighted by Crippen LogP contribution is 2.26. The molecule has 1 aromatic carbocycles. The number of nitrogens with zero attached hydrogens (tertiary/aromatic N) is 3. The maximum Gasteiger partial charge on any atom is 0.273 e. The fourth-order valence-corrected chi connectivity index (χ4v) is 2.67. The predicted molar refractivity (Wildman–Crippen MR) is 85.5 cm³/mol. The van der Waals surface area contributed by atoms with Gasteiger partial charge in [-0.25, -0.2) is 0 Å². The molecule has 2 heterocycles. The SMILES string of the molecule is Cc1ccc(-c2snnc2C(=O)NCc2cccnc2)cc1. The van der Waals surface area contributed by atoms with Crippen LogP contribution in [0.15, 0.2) is 48.8 Å². The van der Waals surface area contributed by atoms with Crippen LogP contribution < -0.4 is 5.32 Å². The van der Waals surface area contributed by atoms with Gasteiger partial charge >= 0.3 is 0 Å². The predicted octanol–water partition coefficient (Wildman–Crippen LogP) is 2.84. The molecule has 0 fully saturated rings. The van der Waals surface area contributed by atoms with Crippen molar-refractivity contribution in [2.75, 3.05) is 0 Å². The molecular weight excluding hydrogens is 296 g/mol. The summed E-state index contributed by atoms with van der Waals surface area (Å²) >= 11 is 1.22. The Kier molecular flexibility index (Phi) is 4.20. The highest BCUT2D eigenvalue weighted by Gasteiger charge is 2.17. The van der Waals surface area contributed by atoms with Crippen LogP contribution in [-0.2, 0) is 6.54 Å². The van der Waals surface area contributed by atoms with Crippen molar-refractivity contribution in [3.05, 3.63) is 65.6 Å². The number of carbonyl (C=O) groups is 1. The summed E-state index contributed by atoms with van der Waals surface area (Å²) in [7, 11) is 0. The third-order valence-electron chi connectivity index (χ3n) is 3.19. The minimum absolute atomic E-state index is 0.229. The van der Waals surface area contributed by atoms with Gasteiger partial charge in [0.1, 0.15) is 0 Å². The summed E-state index contributed by atoms with van der Waals surface area (Å²) in [6, 6.07) is 11.7. The van der Waals surface area contributed by atoms with Crippen molar-refractivity contribution in [3.8, 4) is 10.4 Å². The molecule has 0 bridgehead atoms. The van der Waals surface area contributed by atoms with E-state index in [1.807, 2.05) is 43.3 Å². The first-order valence-electron chi connectivity index (χ1n) is 6.80. The zero-order valence-electron chi connectivity index (χ0n) is 12.0. The molecule has 0 atom stereocenters. The van der Waals surface area contributed by atoms with E-state index in [4.69, 9.17) is 0 Å². The number of pyridine rings is 1. The van der Waals surface area contributed by atoms with Crippen LogP contribution in [0.1, 0.15) is 21.6 Å². The van der Waals surface area contributed by atoms with E-state index in [9.17, 15) is 4.79 Å². The van der Waals surface area contributed by atoms with Gasteiger partial charge in [0.15, 0.2) is 5.69 Å². The van der Waals surface area contributed by atoms with Crippen molar-refractivity contribution in [1.29, 1.82) is 0 Å². The molecule has 0 aliphatic heterocycles. The van der Waals surface area contributed by atoms with Crippen molar-refractivity contribution in [2.24, 2.45) is 0 Å². The van der Waals surface area contributed by atoms with E-state index in [1.54, 1.807) is 12.4 Å². The second-order valence-corrected chi connectivity index (χ2v) is 5.61. The lowest BCUT2D eigenvalue weighted by Gasteiger charge is -2.05. The summed E-state index contributed by atoms with van der Waals surface area (Å²) in [5.41, 5.74) is 3.42. The van der Waals surface area contributed by atoms with E-state index < -0.39 is 0 Å². The van der Waals surface area contributed by atoms with Gasteiger partial charge in [-0.3, -0.25) is 9.78 Å². The third-order valence-corrected chi connectivity index (χ3v) is 3.97. The smallest absolute Gasteiger partial charge is 0.273 e. The zero-order valence-corrected chi connectivity index (χ0v) is 12.8. The minimum atomic E-state index is -0.229. The number of nitrogens with one attached hydrogen (secondary N) is 1. The molecule has 2 aromatic heterocycles. The molecule has 22 heavy (non-hydrogen) atoms. The van der Waals surface area contributed by atoms with Crippen LogP contribution in [0.2, 0.25) is 0 Å². The topological polar surface area (TPSA) is 67.8 Å². The maximum absolute atomic E-state index is 12.3. The quantitative estimate of drug-likeness (QED) is 0.804. The fraction of sp³-hybridized carbons (Fsp3) is 0.125. The summed E-state index contributed by atoms with van der Waals surface area (Å²) in [6.07, 6.45) is 3.42. The van der Waals surface area contributed by atoms with Crippen molar-refractivity contribution in [1.82, 2.24) is 19.9 Å². The standard InChI is InChI=1S/C16H14N4OS/c1-11-4-6-13(7-5-11)15-14(19-20-22-15)16(21)18-10-12-3-2-8-17-9-12/h2-9H,10H2,1H3,(H,18,21). The van der Waals surface area contributed by atoms with Crippen LogP contribution in [-0.4, -0.2) is 20.5 Å². The van der Waals surface area contributed by atoms with Crippen LogP contribution in [0, 0.1) is 6.92 Å². The Morgan fingerprint density at radius 3 is 2.77 bits per heavy atom. The van der Waals surface area contributed by atoms with Crippen molar-refractivity contribution < 1.29 is 4.79 Å². The second kappa shape index (κ2) is 6.44. The number of hydrogen-bond donors (Lipinski definition) is 1. The molecule has 0 aliphatic rings. The lowest BCUT2D eigenvalue weighted by atomic mass is 10.1. The molecule has 110 valence electrons. The molecule has 6 heteroatoms. The summed E-state index contributed by atoms with van der Waals surface area (Å²) in [5.74, 6) is -0.229. The van der Waals surface area contributed by atoms with Crippen LogP contribution in [0.4, 0.5) is 0 Å². The first kappa shape index (κ1) is 14.3. The van der Waals surface area contributed by atoms with Gasteiger partial charge in [0.2, 0.25) is 0 Å². The molecule has 5 nitrogen and oxygen atoms in total. The Labute approximate surface area is 132 Å². The lowest BCUT2D eigenvalue weighted by Crippen LogP contribution is -2.23. The van der Waals surface area contributed by atoms with E-state index in [-0.39, 0.29) is 5.91 Å². The van der Waals surface area contributed by atoms with E-state index >= 15 is 0 Å². The Morgan fingerprint density at radius 2 is 2.05 bits per heavy atom. The highest BCUT2D eigenvalue weighted by molar-refractivity contribution is 7.09. The van der Waals surface area contributed by atoms with E-state index in [1.165, 1.54) is 17.1 Å². The molecule has 0 saturated heterocycles. The summed E-state index contributed by atoms with van der Waals surface area (Å²) < 4.78 is 3.92. The van der Waals surface area contributed by atoms with Gasteiger partial charge in [-0.15, -0.1) is 5.10 Å². The van der Waals surface area contributed by atoms with Gasteiger partial charge in [0, 0.05) is 18.9 Å². The number of aryl methyl sites for hydroxylation is 1. The van der Waals surface area contributed by atoms with Crippen molar-refractivity contribution >= 4 is 17.4 Å². The van der Waals surface area contributed by atoms with E-state index in [0.29, 0.717) is 12.2 Å². The molecule has 3 rings (SSSR count). The molecule has 0 radical (unpaired) electrons. The molecule has 0 unspecified atom stereocenters. The lowest BCUT2D eigenvalue weighted by molar-refractivity contribution is 0.0946. The molecule has 0 saturated carbocycles. The van der Waals surface area contributed by atoms with Crippen molar-refractivity contribution in [2.45, 2.75) is 13.5 Å². The van der Waals surface area contributed by atoms with Gasteiger partial charge in [-0.2, -0.15) is 0 Å². The second-order valence-electron chi connectivity index (χ2n) is 4.86. The number of benzene rings is 1. The van der Waals surface area contributed by atoms with Crippen LogP contribution in [0.5, 0.6) is 0 Å². The number of amides is 1. The van der Waals surface area contributed by atoms with Gasteiger partial charge < -0.3 is 5.32 Å². The van der Waals surface area contributed by atoms with E-state index in [2.05, 4.69) is 19.9 Å². The number of hydrogen-bond acceptors (Lipinski definition) is 5. The number of carbonyl (C=O) groups excluding carboxylic acids is 1. The Bertz CT molecular complexity index is 768. The molecular formula is C16H14N4OS. The first-order chi connectivity index (χ1) is 10.7. The van der Waals surface area contributed by atoms with Crippen LogP contribution in [0.25, 0.3) is 10.4 Å². The summed E-state index contributed by atoms with van der Waals surface area (Å²) in [5, 5.41) is 6.82. The highest BCUT2D eigenvalue weighted by atomic mass is 32.1. The number of rotatable bonds is 4. The number of aromatic nitrogens is 3. The molecule has 0 aliphatic carbocycles. The Balaban J connectivity index is 1.76. The van der Waals surface area contributed by atoms with Crippen LogP contribution >= 0.6 is 11.5 Å². The Morgan fingerprint density at radius 1 is 1.23 bits per heavy atom. The molecule has 1 N–H and O–H groups in total. The van der Waals surface area contributed by atoms with Crippen molar-refractivity contribution in [3.63, 3.8) is 0 Å². The monoisotopic (exact) mass is 310 g/mol. The first-order valence-corrected chi connectivity index (χ1v) is 7.58. The zero-order chi connectivity index (χ0) is 15.4. The summed E-state index contributed by atoms with van der Waals surface area (Å²) in [4.78, 5) is 17.1. The molecule has 1 amide bonds. The average molecular weight is 310 g/mol. The molecule has 0 spiro atoms. The van der Waals surface area contributed by atoms with Gasteiger partial charge in [-0.05, 0) is 35.6 Å². The molecule has 3 aromatic rings. The summed E-state index contributed by atoms with van der Waals surface area (Å²) in [6.45, 7) is 2.44.